The van der Waals surface area contributed by atoms with Crippen LogP contribution in [0.2, 0.25) is 0 Å². The number of likely N-dealkylation sites (tertiary alicyclic amines) is 1. The van der Waals surface area contributed by atoms with Gasteiger partial charge in [-0.05, 0) is 56.4 Å². The number of quaternary nitrogens is 1. The number of fused-ring (bicyclic) bond motifs is 3. The van der Waals surface area contributed by atoms with Crippen molar-refractivity contribution in [2.24, 2.45) is 5.92 Å². The maximum absolute atomic E-state index is 10.2. The summed E-state index contributed by atoms with van der Waals surface area (Å²) in [4.78, 5) is 16.8. The van der Waals surface area contributed by atoms with Gasteiger partial charge in [-0.1, -0.05) is 6.92 Å². The van der Waals surface area contributed by atoms with Gasteiger partial charge in [0.05, 0.1) is 24.6 Å². The highest BCUT2D eigenvalue weighted by molar-refractivity contribution is 7.19. The van der Waals surface area contributed by atoms with E-state index in [0.717, 1.165) is 49.9 Å². The van der Waals surface area contributed by atoms with Crippen molar-refractivity contribution in [3.8, 4) is 0 Å². The van der Waals surface area contributed by atoms with Gasteiger partial charge in [-0.15, -0.1) is 11.3 Å². The topological polar surface area (TPSA) is 53.7 Å². The van der Waals surface area contributed by atoms with Crippen LogP contribution in [0.3, 0.4) is 0 Å². The number of anilines is 1. The first-order valence-corrected chi connectivity index (χ1v) is 11.6. The van der Waals surface area contributed by atoms with Crippen molar-refractivity contribution in [1.82, 2.24) is 9.97 Å². The van der Waals surface area contributed by atoms with E-state index in [2.05, 4.69) is 11.8 Å². The molecular formula is C21H31N4OS+. The highest BCUT2D eigenvalue weighted by atomic mass is 32.1. The second-order valence-electron chi connectivity index (χ2n) is 8.85. The summed E-state index contributed by atoms with van der Waals surface area (Å²) in [6.45, 7) is 7.50. The van der Waals surface area contributed by atoms with Crippen molar-refractivity contribution < 1.29 is 10.0 Å². The minimum absolute atomic E-state index is 0.229. The van der Waals surface area contributed by atoms with Crippen molar-refractivity contribution in [2.45, 2.75) is 64.5 Å². The van der Waals surface area contributed by atoms with E-state index in [0.29, 0.717) is 6.54 Å². The van der Waals surface area contributed by atoms with Gasteiger partial charge in [-0.3, -0.25) is 0 Å². The Kier molecular flexibility index (Phi) is 4.82. The molecule has 3 aliphatic rings. The number of aliphatic hydroxyl groups is 1. The molecule has 0 bridgehead atoms. The van der Waals surface area contributed by atoms with Crippen molar-refractivity contribution in [1.29, 1.82) is 0 Å². The van der Waals surface area contributed by atoms with E-state index >= 15 is 0 Å². The predicted molar refractivity (Wildman–Crippen MR) is 110 cm³/mol. The lowest BCUT2D eigenvalue weighted by molar-refractivity contribution is -0.920. The van der Waals surface area contributed by atoms with Crippen molar-refractivity contribution in [3.05, 3.63) is 16.3 Å². The molecule has 0 unspecified atom stereocenters. The molecule has 6 heteroatoms. The quantitative estimate of drug-likeness (QED) is 0.845. The van der Waals surface area contributed by atoms with E-state index in [9.17, 15) is 5.11 Å². The lowest BCUT2D eigenvalue weighted by Crippen LogP contribution is -3.11. The Hall–Kier alpha value is -1.24. The molecule has 27 heavy (non-hydrogen) atoms. The second-order valence-corrected chi connectivity index (χ2v) is 9.94. The Morgan fingerprint density at radius 2 is 2.00 bits per heavy atom. The monoisotopic (exact) mass is 387 g/mol. The highest BCUT2D eigenvalue weighted by Crippen LogP contribution is 2.41. The molecule has 5 nitrogen and oxygen atoms in total. The number of aromatic nitrogens is 2. The summed E-state index contributed by atoms with van der Waals surface area (Å²) >= 11 is 1.89. The minimum atomic E-state index is -0.229. The number of β-amino-alcohol motifs (C(OH)–C–C–N with tert-alkyl or cyclic N) is 1. The summed E-state index contributed by atoms with van der Waals surface area (Å²) in [5.74, 6) is 2.97. The third-order valence-electron chi connectivity index (χ3n) is 6.68. The zero-order valence-corrected chi connectivity index (χ0v) is 17.2. The fraction of sp³-hybridized carbons (Fsp3) is 0.714. The Morgan fingerprint density at radius 3 is 2.81 bits per heavy atom. The molecule has 2 aliphatic heterocycles. The first kappa shape index (κ1) is 17.8. The van der Waals surface area contributed by atoms with Crippen LogP contribution in [0.25, 0.3) is 10.2 Å². The van der Waals surface area contributed by atoms with Gasteiger partial charge in [0.1, 0.15) is 17.2 Å². The number of aliphatic hydroxyl groups excluding tert-OH is 1. The number of piperidine rings is 2. The maximum atomic E-state index is 10.2. The molecule has 0 saturated carbocycles. The van der Waals surface area contributed by atoms with Gasteiger partial charge in [-0.2, -0.15) is 0 Å². The Bertz CT molecular complexity index is 827. The first-order valence-electron chi connectivity index (χ1n) is 10.7. The van der Waals surface area contributed by atoms with E-state index in [4.69, 9.17) is 9.97 Å². The minimum Gasteiger partial charge on any atom is -0.391 e. The summed E-state index contributed by atoms with van der Waals surface area (Å²) in [7, 11) is 0. The van der Waals surface area contributed by atoms with Crippen LogP contribution < -0.4 is 9.80 Å². The third-order valence-corrected chi connectivity index (χ3v) is 7.86. The highest BCUT2D eigenvalue weighted by Gasteiger charge is 2.28. The maximum Gasteiger partial charge on any atom is 0.187 e. The molecule has 1 atom stereocenters. The van der Waals surface area contributed by atoms with Crippen LogP contribution in [0.15, 0.2) is 0 Å². The standard InChI is InChI=1S/C21H30N4OS/c1-14-7-10-24(11-8-14)13-18-22-20(25-9-3-4-15(26)12-25)19-16-5-2-6-17(16)27-21(19)23-18/h14-15,26H,2-13H2,1H3/p+1/t15-/m0/s1. The number of nitrogens with zero attached hydrogens (tertiary/aromatic N) is 3. The fourth-order valence-electron chi connectivity index (χ4n) is 5.05. The molecule has 2 saturated heterocycles. The van der Waals surface area contributed by atoms with Crippen molar-refractivity contribution in [2.75, 3.05) is 31.1 Å². The Morgan fingerprint density at radius 1 is 1.15 bits per heavy atom. The van der Waals surface area contributed by atoms with Gasteiger partial charge in [0.2, 0.25) is 0 Å². The SMILES string of the molecule is CC1CC[NH+](Cc2nc(N3CCC[C@H](O)C3)c3c4c(sc3n2)CCC4)CC1. The summed E-state index contributed by atoms with van der Waals surface area (Å²) in [5.41, 5.74) is 1.50. The number of rotatable bonds is 3. The third kappa shape index (κ3) is 3.47. The average Bonchev–Trinajstić information content (AvgIpc) is 3.24. The van der Waals surface area contributed by atoms with E-state index < -0.39 is 0 Å². The molecule has 2 aromatic heterocycles. The van der Waals surface area contributed by atoms with Gasteiger partial charge < -0.3 is 14.9 Å². The normalized spacial score (nSPS) is 28.7. The van der Waals surface area contributed by atoms with Crippen molar-refractivity contribution in [3.63, 3.8) is 0 Å². The molecule has 2 aromatic rings. The summed E-state index contributed by atoms with van der Waals surface area (Å²) in [5, 5.41) is 11.5. The van der Waals surface area contributed by atoms with Crippen LogP contribution in [-0.2, 0) is 19.4 Å². The van der Waals surface area contributed by atoms with E-state index in [1.54, 1.807) is 4.90 Å². The van der Waals surface area contributed by atoms with E-state index in [-0.39, 0.29) is 6.10 Å². The van der Waals surface area contributed by atoms with E-state index in [1.165, 1.54) is 59.4 Å². The number of aryl methyl sites for hydroxylation is 2. The van der Waals surface area contributed by atoms with Crippen LogP contribution in [0.5, 0.6) is 0 Å². The average molecular weight is 388 g/mol. The molecule has 2 N–H and O–H groups in total. The molecule has 5 rings (SSSR count). The zero-order valence-electron chi connectivity index (χ0n) is 16.3. The molecule has 0 amide bonds. The zero-order chi connectivity index (χ0) is 18.4. The second kappa shape index (κ2) is 7.30. The molecule has 146 valence electrons. The van der Waals surface area contributed by atoms with Crippen LogP contribution in [0.1, 0.15) is 55.3 Å². The van der Waals surface area contributed by atoms with Gasteiger partial charge in [0, 0.05) is 18.0 Å². The smallest absolute Gasteiger partial charge is 0.187 e. The summed E-state index contributed by atoms with van der Waals surface area (Å²) in [6, 6.07) is 0. The molecular weight excluding hydrogens is 356 g/mol. The summed E-state index contributed by atoms with van der Waals surface area (Å²) in [6.07, 6.45) is 7.98. The Labute approximate surface area is 165 Å². The Balaban J connectivity index is 1.51. The molecule has 1 aliphatic carbocycles. The van der Waals surface area contributed by atoms with Gasteiger partial charge in [-0.25, -0.2) is 9.97 Å². The van der Waals surface area contributed by atoms with Crippen molar-refractivity contribution >= 4 is 27.4 Å². The first-order chi connectivity index (χ1) is 13.2. The molecule has 2 fully saturated rings. The van der Waals surface area contributed by atoms with Crippen LogP contribution in [0.4, 0.5) is 5.82 Å². The molecule has 0 spiro atoms. The lowest BCUT2D eigenvalue weighted by atomic mass is 9.99. The van der Waals surface area contributed by atoms with E-state index in [1.807, 2.05) is 11.3 Å². The van der Waals surface area contributed by atoms with Crippen LogP contribution in [0, 0.1) is 5.92 Å². The van der Waals surface area contributed by atoms with Gasteiger partial charge in [0.15, 0.2) is 5.82 Å². The largest absolute Gasteiger partial charge is 0.391 e. The number of thiophene rings is 1. The van der Waals surface area contributed by atoms with Gasteiger partial charge >= 0.3 is 0 Å². The summed E-state index contributed by atoms with van der Waals surface area (Å²) < 4.78 is 0. The predicted octanol–water partition coefficient (Wildman–Crippen LogP) is 1.96. The number of nitrogens with one attached hydrogen (secondary N) is 1. The fourth-order valence-corrected chi connectivity index (χ4v) is 6.32. The van der Waals surface area contributed by atoms with Crippen LogP contribution >= 0.6 is 11.3 Å². The van der Waals surface area contributed by atoms with Crippen LogP contribution in [-0.4, -0.2) is 47.4 Å². The molecule has 4 heterocycles. The van der Waals surface area contributed by atoms with Gasteiger partial charge in [0.25, 0.3) is 0 Å². The molecule has 0 aromatic carbocycles. The molecule has 0 radical (unpaired) electrons. The number of hydrogen-bond donors (Lipinski definition) is 2. The lowest BCUT2D eigenvalue weighted by Gasteiger charge is -2.32. The number of hydrogen-bond acceptors (Lipinski definition) is 5.